The minimum atomic E-state index is -0.845. The van der Waals surface area contributed by atoms with Gasteiger partial charge in [0.2, 0.25) is 17.7 Å². The number of rotatable bonds is 5. The summed E-state index contributed by atoms with van der Waals surface area (Å²) in [4.78, 5) is 67.6. The van der Waals surface area contributed by atoms with Crippen molar-refractivity contribution in [3.8, 4) is 0 Å². The Labute approximate surface area is 244 Å². The highest BCUT2D eigenvalue weighted by Gasteiger charge is 2.56. The lowest BCUT2D eigenvalue weighted by atomic mass is 9.83. The largest absolute Gasteiger partial charge is 0.378 e. The van der Waals surface area contributed by atoms with Crippen molar-refractivity contribution in [3.05, 3.63) is 83.2 Å². The van der Waals surface area contributed by atoms with E-state index in [9.17, 15) is 29.3 Å². The van der Waals surface area contributed by atoms with Crippen molar-refractivity contribution in [2.24, 2.45) is 5.92 Å². The minimum Gasteiger partial charge on any atom is -0.378 e. The molecule has 2 saturated heterocycles. The zero-order chi connectivity index (χ0) is 28.1. The van der Waals surface area contributed by atoms with Crippen LogP contribution in [0.5, 0.6) is 0 Å². The second kappa shape index (κ2) is 10.6. The zero-order valence-corrected chi connectivity index (χ0v) is 23.9. The summed E-state index contributed by atoms with van der Waals surface area (Å²) in [7, 11) is 0. The molecule has 0 radical (unpaired) electrons. The van der Waals surface area contributed by atoms with Crippen LogP contribution in [0.3, 0.4) is 0 Å². The second-order valence-electron chi connectivity index (χ2n) is 9.50. The molecule has 0 aliphatic carbocycles. The summed E-state index contributed by atoms with van der Waals surface area (Å²) in [5.41, 5.74) is 0.853. The van der Waals surface area contributed by atoms with E-state index >= 15 is 0 Å². The number of hydrogen-bond acceptors (Lipinski definition) is 9. The average molecular weight is 646 g/mol. The molecule has 2 unspecified atom stereocenters. The molecule has 206 valence electrons. The van der Waals surface area contributed by atoms with Gasteiger partial charge in [-0.3, -0.25) is 33.9 Å². The van der Waals surface area contributed by atoms with Crippen molar-refractivity contribution >= 4 is 68.1 Å². The molecule has 4 heterocycles. The van der Waals surface area contributed by atoms with Gasteiger partial charge in [0.25, 0.3) is 5.69 Å². The van der Waals surface area contributed by atoms with E-state index in [1.807, 2.05) is 24.3 Å². The molecule has 11 nitrogen and oxygen atoms in total. The van der Waals surface area contributed by atoms with Gasteiger partial charge in [-0.2, -0.15) is 0 Å². The number of fused-ring (bicyclic) bond motifs is 2. The average Bonchev–Trinajstić information content (AvgIpc) is 3.40. The van der Waals surface area contributed by atoms with Crippen LogP contribution in [0.2, 0.25) is 0 Å². The lowest BCUT2D eigenvalue weighted by molar-refractivity contribution is -0.384. The highest BCUT2D eigenvalue weighted by Crippen LogP contribution is 2.54. The molecule has 0 N–H and O–H groups in total. The predicted molar refractivity (Wildman–Crippen MR) is 151 cm³/mol. The van der Waals surface area contributed by atoms with E-state index in [4.69, 9.17) is 4.74 Å². The summed E-state index contributed by atoms with van der Waals surface area (Å²) in [5.74, 6) is -2.51. The number of carbonyl (C=O) groups is 3. The van der Waals surface area contributed by atoms with Gasteiger partial charge in [0, 0.05) is 40.5 Å². The highest BCUT2D eigenvalue weighted by molar-refractivity contribution is 9.10. The molecule has 2 aromatic carbocycles. The number of aromatic nitrogens is 1. The normalized spacial score (nSPS) is 22.3. The highest BCUT2D eigenvalue weighted by atomic mass is 79.9. The molecule has 0 saturated carbocycles. The number of non-ortho nitro benzene ring substituents is 1. The molecule has 6 rings (SSSR count). The molecule has 1 aromatic heterocycles. The molecule has 3 aliphatic rings. The SMILES string of the molecule is O=C(Cn1c2c(sc1=O)[C@H](c1ccc(Br)cc1)C1C(=O)N(c3ccc([N+](=O)[O-])cc3)C(=O)C1S2)N1CCOCC1. The van der Waals surface area contributed by atoms with Crippen LogP contribution in [0, 0.1) is 16.0 Å². The fraction of sp³-hybridized carbons (Fsp3) is 0.308. The van der Waals surface area contributed by atoms with Crippen molar-refractivity contribution in [2.45, 2.75) is 22.7 Å². The number of amides is 3. The topological polar surface area (TPSA) is 132 Å². The molecular formula is C26H21BrN4O7S2. The Morgan fingerprint density at radius 3 is 2.35 bits per heavy atom. The maximum atomic E-state index is 13.9. The third-order valence-corrected chi connectivity index (χ3v) is 10.4. The number of nitro benzene ring substituents is 1. The molecule has 3 aliphatic heterocycles. The number of morpholine rings is 1. The van der Waals surface area contributed by atoms with Crippen molar-refractivity contribution in [1.29, 1.82) is 0 Å². The fourth-order valence-corrected chi connectivity index (χ4v) is 8.35. The number of hydrogen-bond donors (Lipinski definition) is 0. The molecule has 3 atom stereocenters. The molecular weight excluding hydrogens is 624 g/mol. The molecule has 40 heavy (non-hydrogen) atoms. The van der Waals surface area contributed by atoms with E-state index in [2.05, 4.69) is 15.9 Å². The number of carbonyl (C=O) groups excluding carboxylic acids is 3. The third-order valence-electron chi connectivity index (χ3n) is 7.25. The molecule has 3 amide bonds. The first-order chi connectivity index (χ1) is 19.2. The smallest absolute Gasteiger partial charge is 0.308 e. The molecule has 2 fully saturated rings. The van der Waals surface area contributed by atoms with Gasteiger partial charge in [-0.1, -0.05) is 51.2 Å². The van der Waals surface area contributed by atoms with Gasteiger partial charge < -0.3 is 9.64 Å². The van der Waals surface area contributed by atoms with Gasteiger partial charge in [0.1, 0.15) is 11.8 Å². The summed E-state index contributed by atoms with van der Waals surface area (Å²) in [6.07, 6.45) is 0. The number of halogens is 1. The standard InChI is InChI=1S/C26H21BrN4O7S2/c27-15-3-1-14(2-4-15)19-20-21(24(34)30(23(20)33)16-5-7-17(8-6-16)31(36)37)39-25-22(19)40-26(35)29(25)13-18(32)28-9-11-38-12-10-28/h1-8,19-21H,9-13H2/t19-,20?,21?/m1/s1. The molecule has 3 aromatic rings. The first-order valence-electron chi connectivity index (χ1n) is 12.4. The van der Waals surface area contributed by atoms with Gasteiger partial charge in [-0.25, -0.2) is 4.90 Å². The Hall–Kier alpha value is -3.33. The second-order valence-corrected chi connectivity index (χ2v) is 12.5. The van der Waals surface area contributed by atoms with E-state index in [-0.39, 0.29) is 28.7 Å². The predicted octanol–water partition coefficient (Wildman–Crippen LogP) is 3.24. The Morgan fingerprint density at radius 1 is 1.02 bits per heavy atom. The van der Waals surface area contributed by atoms with E-state index in [1.165, 1.54) is 28.8 Å². The van der Waals surface area contributed by atoms with Crippen LogP contribution in [-0.4, -0.2) is 63.7 Å². The van der Waals surface area contributed by atoms with Crippen LogP contribution in [0.15, 0.2) is 62.8 Å². The van der Waals surface area contributed by atoms with E-state index in [1.54, 1.807) is 4.90 Å². The Balaban J connectivity index is 1.41. The first kappa shape index (κ1) is 26.9. The van der Waals surface area contributed by atoms with Crippen molar-refractivity contribution in [2.75, 3.05) is 31.2 Å². The maximum absolute atomic E-state index is 13.9. The van der Waals surface area contributed by atoms with E-state index in [0.29, 0.717) is 36.2 Å². The van der Waals surface area contributed by atoms with Crippen LogP contribution >= 0.6 is 39.0 Å². The lowest BCUT2D eigenvalue weighted by Crippen LogP contribution is -2.43. The van der Waals surface area contributed by atoms with Crippen LogP contribution in [0.25, 0.3) is 0 Å². The van der Waals surface area contributed by atoms with Gasteiger partial charge >= 0.3 is 4.87 Å². The van der Waals surface area contributed by atoms with E-state index in [0.717, 1.165) is 38.0 Å². The summed E-state index contributed by atoms with van der Waals surface area (Å²) in [6, 6.07) is 12.7. The van der Waals surface area contributed by atoms with Crippen LogP contribution in [-0.2, 0) is 25.7 Å². The monoisotopic (exact) mass is 644 g/mol. The minimum absolute atomic E-state index is 0.154. The quantitative estimate of drug-likeness (QED) is 0.235. The van der Waals surface area contributed by atoms with E-state index < -0.39 is 33.8 Å². The summed E-state index contributed by atoms with van der Waals surface area (Å²) >= 11 is 5.55. The number of nitro groups is 1. The first-order valence-corrected chi connectivity index (χ1v) is 14.9. The van der Waals surface area contributed by atoms with Crippen molar-refractivity contribution in [3.63, 3.8) is 0 Å². The number of thiazole rings is 1. The van der Waals surface area contributed by atoms with Gasteiger partial charge in [-0.15, -0.1) is 0 Å². The number of nitrogens with zero attached hydrogens (tertiary/aromatic N) is 4. The number of imide groups is 1. The van der Waals surface area contributed by atoms with Gasteiger partial charge in [0.05, 0.1) is 34.8 Å². The van der Waals surface area contributed by atoms with Crippen molar-refractivity contribution < 1.29 is 24.0 Å². The molecule has 14 heteroatoms. The Morgan fingerprint density at radius 2 is 1.70 bits per heavy atom. The van der Waals surface area contributed by atoms with Crippen LogP contribution < -0.4 is 9.77 Å². The van der Waals surface area contributed by atoms with Crippen molar-refractivity contribution in [1.82, 2.24) is 9.47 Å². The Kier molecular flexibility index (Phi) is 7.10. The van der Waals surface area contributed by atoms with Crippen LogP contribution in [0.1, 0.15) is 16.4 Å². The number of thioether (sulfide) groups is 1. The summed E-state index contributed by atoms with van der Waals surface area (Å²) in [6.45, 7) is 1.58. The molecule has 0 bridgehead atoms. The van der Waals surface area contributed by atoms with Crippen LogP contribution in [0.4, 0.5) is 11.4 Å². The van der Waals surface area contributed by atoms with Gasteiger partial charge in [0.15, 0.2) is 0 Å². The maximum Gasteiger partial charge on any atom is 0.308 e. The fourth-order valence-electron chi connectivity index (χ4n) is 5.31. The summed E-state index contributed by atoms with van der Waals surface area (Å²) in [5, 5.41) is 10.8. The number of anilines is 1. The number of ether oxygens (including phenoxy) is 1. The van der Waals surface area contributed by atoms with Gasteiger partial charge in [-0.05, 0) is 29.8 Å². The number of benzene rings is 2. The molecule has 0 spiro atoms. The summed E-state index contributed by atoms with van der Waals surface area (Å²) < 4.78 is 7.58. The zero-order valence-electron chi connectivity index (χ0n) is 20.7. The third kappa shape index (κ3) is 4.58. The lowest BCUT2D eigenvalue weighted by Gasteiger charge is -2.31. The Bertz CT molecular complexity index is 1580.